The van der Waals surface area contributed by atoms with Gasteiger partial charge in [0.05, 0.1) is 6.04 Å². The van der Waals surface area contributed by atoms with Crippen molar-refractivity contribution in [2.75, 3.05) is 13.1 Å². The van der Waals surface area contributed by atoms with Gasteiger partial charge in [-0.05, 0) is 49.0 Å². The molecule has 138 valence electrons. The highest BCUT2D eigenvalue weighted by Crippen LogP contribution is 2.38. The molecule has 3 aromatic rings. The maximum Gasteiger partial charge on any atom is 0.130 e. The van der Waals surface area contributed by atoms with Crippen LogP contribution in [0.15, 0.2) is 91.0 Å². The van der Waals surface area contributed by atoms with Gasteiger partial charge in [-0.1, -0.05) is 91.0 Å². The van der Waals surface area contributed by atoms with Crippen LogP contribution in [-0.4, -0.2) is 29.1 Å². The van der Waals surface area contributed by atoms with Crippen molar-refractivity contribution in [3.05, 3.63) is 108 Å². The van der Waals surface area contributed by atoms with Crippen molar-refractivity contribution in [3.8, 4) is 0 Å². The summed E-state index contributed by atoms with van der Waals surface area (Å²) < 4.78 is 0. The van der Waals surface area contributed by atoms with Gasteiger partial charge in [-0.2, -0.15) is 0 Å². The van der Waals surface area contributed by atoms with E-state index in [0.717, 1.165) is 30.6 Å². The third kappa shape index (κ3) is 3.69. The molecule has 0 radical (unpaired) electrons. The molecule has 1 saturated heterocycles. The SMILES string of the molecule is OC(c1ccccc1)(c1ccccc1)[C@H](Cc1ccccc1)N1CCCC1. The zero-order valence-corrected chi connectivity index (χ0v) is 15.7. The molecule has 0 amide bonds. The summed E-state index contributed by atoms with van der Waals surface area (Å²) in [4.78, 5) is 2.48. The van der Waals surface area contributed by atoms with E-state index in [-0.39, 0.29) is 6.04 Å². The van der Waals surface area contributed by atoms with Gasteiger partial charge in [0.1, 0.15) is 5.60 Å². The molecule has 27 heavy (non-hydrogen) atoms. The number of likely N-dealkylation sites (tertiary alicyclic amines) is 1. The Kier molecular flexibility index (Phi) is 5.38. The molecule has 1 aliphatic rings. The summed E-state index contributed by atoms with van der Waals surface area (Å²) in [6.45, 7) is 2.08. The fourth-order valence-electron chi connectivity index (χ4n) is 4.37. The summed E-state index contributed by atoms with van der Waals surface area (Å²) in [6.07, 6.45) is 3.22. The minimum absolute atomic E-state index is 0.00722. The summed E-state index contributed by atoms with van der Waals surface area (Å²) in [5.41, 5.74) is 2.13. The number of hydrogen-bond acceptors (Lipinski definition) is 2. The van der Waals surface area contributed by atoms with Crippen LogP contribution < -0.4 is 0 Å². The summed E-state index contributed by atoms with van der Waals surface area (Å²) in [6, 6.07) is 30.9. The lowest BCUT2D eigenvalue weighted by molar-refractivity contribution is -0.0129. The Morgan fingerprint density at radius 1 is 0.704 bits per heavy atom. The molecule has 1 N–H and O–H groups in total. The fourth-order valence-corrected chi connectivity index (χ4v) is 4.37. The van der Waals surface area contributed by atoms with E-state index in [4.69, 9.17) is 0 Å². The first-order valence-corrected chi connectivity index (χ1v) is 9.90. The molecule has 0 spiro atoms. The lowest BCUT2D eigenvalue weighted by atomic mass is 9.77. The molecule has 2 heteroatoms. The highest BCUT2D eigenvalue weighted by Gasteiger charge is 2.43. The van der Waals surface area contributed by atoms with Crippen molar-refractivity contribution in [2.24, 2.45) is 0 Å². The van der Waals surface area contributed by atoms with Crippen LogP contribution >= 0.6 is 0 Å². The number of rotatable bonds is 6. The second-order valence-electron chi connectivity index (χ2n) is 7.45. The zero-order chi connectivity index (χ0) is 18.5. The van der Waals surface area contributed by atoms with Crippen molar-refractivity contribution in [2.45, 2.75) is 30.9 Å². The van der Waals surface area contributed by atoms with Gasteiger partial charge < -0.3 is 5.11 Å². The molecular weight excluding hydrogens is 330 g/mol. The first-order chi connectivity index (χ1) is 13.3. The molecule has 1 atom stereocenters. The molecular formula is C25H27NO. The normalized spacial score (nSPS) is 16.3. The Morgan fingerprint density at radius 3 is 1.63 bits per heavy atom. The van der Waals surface area contributed by atoms with Gasteiger partial charge in [-0.25, -0.2) is 0 Å². The highest BCUT2D eigenvalue weighted by molar-refractivity contribution is 5.39. The third-order valence-corrected chi connectivity index (χ3v) is 5.76. The van der Waals surface area contributed by atoms with E-state index >= 15 is 0 Å². The Hall–Kier alpha value is -2.42. The van der Waals surface area contributed by atoms with Gasteiger partial charge >= 0.3 is 0 Å². The van der Waals surface area contributed by atoms with Crippen molar-refractivity contribution in [1.82, 2.24) is 4.90 Å². The summed E-state index contributed by atoms with van der Waals surface area (Å²) in [7, 11) is 0. The molecule has 3 aromatic carbocycles. The van der Waals surface area contributed by atoms with Gasteiger partial charge in [-0.3, -0.25) is 4.90 Å². The van der Waals surface area contributed by atoms with Crippen LogP contribution in [0, 0.1) is 0 Å². The average Bonchev–Trinajstić information content (AvgIpc) is 3.28. The van der Waals surface area contributed by atoms with Crippen molar-refractivity contribution < 1.29 is 5.11 Å². The average molecular weight is 357 g/mol. The first kappa shape index (κ1) is 18.0. The maximum absolute atomic E-state index is 12.3. The Balaban J connectivity index is 1.83. The van der Waals surface area contributed by atoms with Crippen LogP contribution in [0.3, 0.4) is 0 Å². The van der Waals surface area contributed by atoms with Gasteiger partial charge in [0.2, 0.25) is 0 Å². The van der Waals surface area contributed by atoms with E-state index in [2.05, 4.69) is 59.5 Å². The lowest BCUT2D eigenvalue weighted by Gasteiger charge is -2.42. The number of nitrogens with zero attached hydrogens (tertiary/aromatic N) is 1. The monoisotopic (exact) mass is 357 g/mol. The minimum atomic E-state index is -1.05. The maximum atomic E-state index is 12.3. The molecule has 2 nitrogen and oxygen atoms in total. The number of hydrogen-bond donors (Lipinski definition) is 1. The Labute approximate surface area is 162 Å². The van der Waals surface area contributed by atoms with Crippen LogP contribution in [-0.2, 0) is 12.0 Å². The van der Waals surface area contributed by atoms with E-state index < -0.39 is 5.60 Å². The highest BCUT2D eigenvalue weighted by atomic mass is 16.3. The summed E-state index contributed by atoms with van der Waals surface area (Å²) in [5.74, 6) is 0. The fraction of sp³-hybridized carbons (Fsp3) is 0.280. The molecule has 1 heterocycles. The predicted octanol–water partition coefficient (Wildman–Crippen LogP) is 4.63. The first-order valence-electron chi connectivity index (χ1n) is 9.90. The van der Waals surface area contributed by atoms with Crippen molar-refractivity contribution >= 4 is 0 Å². The Bertz CT molecular complexity index is 786. The van der Waals surface area contributed by atoms with Gasteiger partial charge in [-0.15, -0.1) is 0 Å². The smallest absolute Gasteiger partial charge is 0.130 e. The van der Waals surface area contributed by atoms with E-state index in [0.29, 0.717) is 0 Å². The molecule has 0 saturated carbocycles. The molecule has 0 bridgehead atoms. The second kappa shape index (κ2) is 8.08. The molecule has 0 aliphatic carbocycles. The quantitative estimate of drug-likeness (QED) is 0.695. The van der Waals surface area contributed by atoms with Crippen molar-refractivity contribution in [1.29, 1.82) is 0 Å². The van der Waals surface area contributed by atoms with E-state index in [1.807, 2.05) is 36.4 Å². The van der Waals surface area contributed by atoms with E-state index in [9.17, 15) is 5.11 Å². The van der Waals surface area contributed by atoms with Crippen LogP contribution in [0.1, 0.15) is 29.5 Å². The lowest BCUT2D eigenvalue weighted by Crippen LogP contribution is -2.52. The molecule has 1 aliphatic heterocycles. The standard InChI is InChI=1S/C25H27NO/c27-25(22-14-6-2-7-15-22,23-16-8-3-9-17-23)24(26-18-10-11-19-26)20-21-12-4-1-5-13-21/h1-9,12-17,24,27H,10-11,18-20H2/t24-/m0/s1. The largest absolute Gasteiger partial charge is 0.379 e. The zero-order valence-electron chi connectivity index (χ0n) is 15.7. The van der Waals surface area contributed by atoms with Gasteiger partial charge in [0.25, 0.3) is 0 Å². The molecule has 0 unspecified atom stereocenters. The third-order valence-electron chi connectivity index (χ3n) is 5.76. The van der Waals surface area contributed by atoms with E-state index in [1.54, 1.807) is 0 Å². The van der Waals surface area contributed by atoms with Crippen LogP contribution in [0.2, 0.25) is 0 Å². The molecule has 4 rings (SSSR count). The molecule has 1 fully saturated rings. The van der Waals surface area contributed by atoms with Gasteiger partial charge in [0, 0.05) is 0 Å². The van der Waals surface area contributed by atoms with Crippen LogP contribution in [0.5, 0.6) is 0 Å². The van der Waals surface area contributed by atoms with Crippen LogP contribution in [0.4, 0.5) is 0 Å². The topological polar surface area (TPSA) is 23.5 Å². The van der Waals surface area contributed by atoms with Crippen LogP contribution in [0.25, 0.3) is 0 Å². The molecule has 0 aromatic heterocycles. The van der Waals surface area contributed by atoms with Gasteiger partial charge in [0.15, 0.2) is 0 Å². The van der Waals surface area contributed by atoms with Crippen molar-refractivity contribution in [3.63, 3.8) is 0 Å². The minimum Gasteiger partial charge on any atom is -0.379 e. The number of benzene rings is 3. The summed E-state index contributed by atoms with van der Waals surface area (Å²) in [5, 5.41) is 12.3. The van der Waals surface area contributed by atoms with E-state index in [1.165, 1.54) is 18.4 Å². The number of aliphatic hydroxyl groups is 1. The second-order valence-corrected chi connectivity index (χ2v) is 7.45. The summed E-state index contributed by atoms with van der Waals surface area (Å²) >= 11 is 0. The predicted molar refractivity (Wildman–Crippen MR) is 111 cm³/mol. The Morgan fingerprint density at radius 2 is 1.15 bits per heavy atom.